The van der Waals surface area contributed by atoms with Crippen LogP contribution in [-0.4, -0.2) is 0 Å². The average Bonchev–Trinajstić information content (AvgIpc) is 2.82. The molecule has 1 aromatic rings. The molecule has 3 aliphatic carbocycles. The Morgan fingerprint density at radius 3 is 2.65 bits per heavy atom. The maximum Gasteiger partial charge on any atom is -0.0000612 e. The maximum atomic E-state index is 4.43. The molecule has 0 spiro atoms. The molecule has 0 heteroatoms. The zero-order valence-electron chi connectivity index (χ0n) is 15.2. The second-order valence-corrected chi connectivity index (χ2v) is 8.70. The summed E-state index contributed by atoms with van der Waals surface area (Å²) in [6, 6.07) is 4.86. The van der Waals surface area contributed by atoms with Gasteiger partial charge in [0.2, 0.25) is 0 Å². The van der Waals surface area contributed by atoms with Crippen molar-refractivity contribution in [2.45, 2.75) is 65.2 Å². The predicted octanol–water partition coefficient (Wildman–Crippen LogP) is 6.22. The molecule has 3 aliphatic rings. The lowest BCUT2D eigenvalue weighted by Gasteiger charge is -2.54. The first kappa shape index (κ1) is 15.2. The van der Waals surface area contributed by atoms with E-state index >= 15 is 0 Å². The Balaban J connectivity index is 1.85. The summed E-state index contributed by atoms with van der Waals surface area (Å²) in [5, 5.41) is 0. The summed E-state index contributed by atoms with van der Waals surface area (Å²) in [6.07, 6.45) is 11.3. The van der Waals surface area contributed by atoms with E-state index in [1.807, 2.05) is 0 Å². The van der Waals surface area contributed by atoms with Gasteiger partial charge in [0, 0.05) is 0 Å². The van der Waals surface area contributed by atoms with Crippen LogP contribution in [0.1, 0.15) is 68.7 Å². The van der Waals surface area contributed by atoms with Gasteiger partial charge in [0.05, 0.1) is 0 Å². The van der Waals surface area contributed by atoms with Gasteiger partial charge < -0.3 is 0 Å². The van der Waals surface area contributed by atoms with Gasteiger partial charge in [-0.2, -0.15) is 0 Å². The molecule has 0 radical (unpaired) electrons. The molecule has 0 N–H and O–H groups in total. The number of aryl methyl sites for hydroxylation is 2. The van der Waals surface area contributed by atoms with E-state index in [0.29, 0.717) is 16.7 Å². The highest BCUT2D eigenvalue weighted by Gasteiger charge is 2.55. The van der Waals surface area contributed by atoms with Crippen molar-refractivity contribution >= 4 is 6.08 Å². The van der Waals surface area contributed by atoms with Crippen molar-refractivity contribution in [1.29, 1.82) is 0 Å². The Kier molecular flexibility index (Phi) is 3.21. The molecule has 4 atom stereocenters. The fourth-order valence-corrected chi connectivity index (χ4v) is 6.12. The van der Waals surface area contributed by atoms with Gasteiger partial charge in [-0.05, 0) is 83.9 Å². The second-order valence-electron chi connectivity index (χ2n) is 8.70. The summed E-state index contributed by atoms with van der Waals surface area (Å²) in [5.41, 5.74) is 8.32. The van der Waals surface area contributed by atoms with Crippen molar-refractivity contribution < 1.29 is 0 Å². The number of fused-ring (bicyclic) bond motifs is 5. The molecule has 2 saturated carbocycles. The van der Waals surface area contributed by atoms with E-state index in [0.717, 1.165) is 12.3 Å². The Morgan fingerprint density at radius 2 is 1.91 bits per heavy atom. The summed E-state index contributed by atoms with van der Waals surface area (Å²) in [7, 11) is 0. The van der Waals surface area contributed by atoms with Crippen molar-refractivity contribution in [3.8, 4) is 0 Å². The summed E-state index contributed by atoms with van der Waals surface area (Å²) < 4.78 is 0. The first-order valence-corrected chi connectivity index (χ1v) is 9.40. The van der Waals surface area contributed by atoms with Crippen molar-refractivity contribution in [3.05, 3.63) is 52.6 Å². The van der Waals surface area contributed by atoms with Crippen LogP contribution < -0.4 is 0 Å². The van der Waals surface area contributed by atoms with E-state index in [1.54, 1.807) is 5.56 Å². The Labute approximate surface area is 141 Å². The number of benzene rings is 1. The normalized spacial score (nSPS) is 38.2. The SMILES string of the molecule is C=C1CCC2C3C=Cc4cc(CC)cc(C)c4[C@@]3(C)CCC12C. The quantitative estimate of drug-likeness (QED) is 0.540. The van der Waals surface area contributed by atoms with Crippen LogP contribution in [0.2, 0.25) is 0 Å². The third kappa shape index (κ3) is 1.90. The number of hydrogen-bond donors (Lipinski definition) is 0. The zero-order chi connectivity index (χ0) is 16.4. The van der Waals surface area contributed by atoms with Crippen LogP contribution in [0.5, 0.6) is 0 Å². The summed E-state index contributed by atoms with van der Waals surface area (Å²) in [5.74, 6) is 1.46. The van der Waals surface area contributed by atoms with E-state index < -0.39 is 0 Å². The second kappa shape index (κ2) is 4.85. The molecule has 0 bridgehead atoms. The fourth-order valence-electron chi connectivity index (χ4n) is 6.12. The highest BCUT2D eigenvalue weighted by molar-refractivity contribution is 5.64. The average molecular weight is 306 g/mol. The van der Waals surface area contributed by atoms with E-state index in [-0.39, 0.29) is 0 Å². The van der Waals surface area contributed by atoms with Crippen LogP contribution in [0.4, 0.5) is 0 Å². The van der Waals surface area contributed by atoms with Gasteiger partial charge in [0.15, 0.2) is 0 Å². The summed E-state index contributed by atoms with van der Waals surface area (Å²) in [4.78, 5) is 0. The molecular formula is C23H30. The maximum absolute atomic E-state index is 4.43. The van der Waals surface area contributed by atoms with Crippen LogP contribution in [0, 0.1) is 24.2 Å². The van der Waals surface area contributed by atoms with Crippen LogP contribution in [0.25, 0.3) is 6.08 Å². The summed E-state index contributed by atoms with van der Waals surface area (Å²) >= 11 is 0. The van der Waals surface area contributed by atoms with Gasteiger partial charge in [-0.25, -0.2) is 0 Å². The first-order chi connectivity index (χ1) is 10.9. The van der Waals surface area contributed by atoms with Gasteiger partial charge >= 0.3 is 0 Å². The van der Waals surface area contributed by atoms with Crippen molar-refractivity contribution in [3.63, 3.8) is 0 Å². The molecule has 0 saturated heterocycles. The highest BCUT2D eigenvalue weighted by Crippen LogP contribution is 2.64. The Hall–Kier alpha value is -1.30. The molecule has 122 valence electrons. The largest absolute Gasteiger partial charge is 0.0993 e. The molecule has 2 fully saturated rings. The monoisotopic (exact) mass is 306 g/mol. The van der Waals surface area contributed by atoms with Crippen molar-refractivity contribution in [1.82, 2.24) is 0 Å². The lowest BCUT2D eigenvalue weighted by Crippen LogP contribution is -2.48. The Bertz CT molecular complexity index is 707. The predicted molar refractivity (Wildman–Crippen MR) is 99.6 cm³/mol. The fraction of sp³-hybridized carbons (Fsp3) is 0.565. The standard InChI is InChI=1S/C23H30/c1-6-17-13-15(2)21-18(14-17)8-10-20-19-9-7-16(3)22(19,4)11-12-23(20,21)5/h8,10,13-14,19-20H,3,6-7,9,11-12H2,1-2,4-5H3/t19?,20?,22?,23-/m0/s1. The topological polar surface area (TPSA) is 0 Å². The molecule has 0 aromatic heterocycles. The third-order valence-electron chi connectivity index (χ3n) is 7.60. The number of rotatable bonds is 1. The van der Waals surface area contributed by atoms with E-state index in [1.165, 1.54) is 47.9 Å². The minimum Gasteiger partial charge on any atom is -0.0993 e. The molecule has 0 heterocycles. The van der Waals surface area contributed by atoms with Gasteiger partial charge in [-0.15, -0.1) is 0 Å². The van der Waals surface area contributed by atoms with E-state index in [9.17, 15) is 0 Å². The molecule has 0 aliphatic heterocycles. The lowest BCUT2D eigenvalue weighted by atomic mass is 9.50. The van der Waals surface area contributed by atoms with Crippen LogP contribution in [0.3, 0.4) is 0 Å². The molecule has 0 amide bonds. The van der Waals surface area contributed by atoms with Gasteiger partial charge in [-0.3, -0.25) is 0 Å². The molecule has 1 aromatic carbocycles. The van der Waals surface area contributed by atoms with E-state index in [2.05, 4.69) is 58.6 Å². The molecular weight excluding hydrogens is 276 g/mol. The van der Waals surface area contributed by atoms with Gasteiger partial charge in [0.1, 0.15) is 0 Å². The van der Waals surface area contributed by atoms with Crippen LogP contribution in [0.15, 0.2) is 30.4 Å². The van der Waals surface area contributed by atoms with Crippen molar-refractivity contribution in [2.24, 2.45) is 17.3 Å². The number of hydrogen-bond acceptors (Lipinski definition) is 0. The van der Waals surface area contributed by atoms with Crippen molar-refractivity contribution in [2.75, 3.05) is 0 Å². The van der Waals surface area contributed by atoms with Crippen LogP contribution >= 0.6 is 0 Å². The minimum absolute atomic E-state index is 0.315. The summed E-state index contributed by atoms with van der Waals surface area (Å²) in [6.45, 7) is 14.1. The lowest BCUT2D eigenvalue weighted by molar-refractivity contribution is 0.0712. The Morgan fingerprint density at radius 1 is 1.17 bits per heavy atom. The smallest absolute Gasteiger partial charge is 0.0000612 e. The minimum atomic E-state index is 0.315. The highest BCUT2D eigenvalue weighted by atomic mass is 14.6. The third-order valence-corrected chi connectivity index (χ3v) is 7.60. The van der Waals surface area contributed by atoms with Gasteiger partial charge in [-0.1, -0.05) is 57.2 Å². The molecule has 0 nitrogen and oxygen atoms in total. The first-order valence-electron chi connectivity index (χ1n) is 9.40. The molecule has 4 rings (SSSR count). The molecule has 23 heavy (non-hydrogen) atoms. The van der Waals surface area contributed by atoms with Crippen LogP contribution in [-0.2, 0) is 11.8 Å². The zero-order valence-corrected chi connectivity index (χ0v) is 15.2. The number of allylic oxidation sites excluding steroid dienone is 2. The van der Waals surface area contributed by atoms with E-state index in [4.69, 9.17) is 0 Å². The molecule has 3 unspecified atom stereocenters. The van der Waals surface area contributed by atoms with Gasteiger partial charge in [0.25, 0.3) is 0 Å².